The van der Waals surface area contributed by atoms with Gasteiger partial charge in [0.05, 0.1) is 6.61 Å². The molecule has 0 bridgehead atoms. The molecule has 15 heavy (non-hydrogen) atoms. The van der Waals surface area contributed by atoms with Gasteiger partial charge in [-0.25, -0.2) is 0 Å². The number of halogens is 1. The van der Waals surface area contributed by atoms with Crippen LogP contribution in [0.15, 0.2) is 22.2 Å². The van der Waals surface area contributed by atoms with E-state index in [0.29, 0.717) is 6.61 Å². The predicted molar refractivity (Wildman–Crippen MR) is 64.7 cm³/mol. The minimum Gasteiger partial charge on any atom is -0.465 e. The van der Waals surface area contributed by atoms with Crippen molar-refractivity contribution in [2.75, 3.05) is 6.61 Å². The van der Waals surface area contributed by atoms with Gasteiger partial charge in [0.1, 0.15) is 0 Å². The van der Waals surface area contributed by atoms with Gasteiger partial charge in [0, 0.05) is 22.7 Å². The average molecular weight is 273 g/mol. The van der Waals surface area contributed by atoms with E-state index in [1.807, 2.05) is 0 Å². The van der Waals surface area contributed by atoms with E-state index >= 15 is 0 Å². The van der Waals surface area contributed by atoms with Crippen molar-refractivity contribution in [1.82, 2.24) is 0 Å². The van der Waals surface area contributed by atoms with Gasteiger partial charge >= 0.3 is 5.97 Å². The van der Waals surface area contributed by atoms with Gasteiger partial charge in [-0.2, -0.15) is 0 Å². The molecule has 1 aliphatic carbocycles. The summed E-state index contributed by atoms with van der Waals surface area (Å²) in [6, 6.07) is 0. The molecule has 1 unspecified atom stereocenters. The Labute approximate surface area is 99.5 Å². The molecule has 0 aliphatic heterocycles. The van der Waals surface area contributed by atoms with Crippen molar-refractivity contribution >= 4 is 21.9 Å². The summed E-state index contributed by atoms with van der Waals surface area (Å²) in [6.07, 6.45) is 4.19. The second-order valence-corrected chi connectivity index (χ2v) is 5.28. The lowest BCUT2D eigenvalue weighted by molar-refractivity contribution is -0.142. The van der Waals surface area contributed by atoms with Crippen LogP contribution in [-0.4, -0.2) is 12.6 Å². The number of carbonyl (C=O) groups is 1. The van der Waals surface area contributed by atoms with Gasteiger partial charge in [-0.3, -0.25) is 4.79 Å². The van der Waals surface area contributed by atoms with E-state index in [4.69, 9.17) is 4.74 Å². The van der Waals surface area contributed by atoms with E-state index in [9.17, 15) is 4.79 Å². The summed E-state index contributed by atoms with van der Waals surface area (Å²) in [5, 5.41) is 0. The van der Waals surface area contributed by atoms with Crippen LogP contribution in [-0.2, 0) is 9.53 Å². The highest BCUT2D eigenvalue weighted by atomic mass is 79.9. The number of hydrogen-bond donors (Lipinski definition) is 0. The summed E-state index contributed by atoms with van der Waals surface area (Å²) in [6.45, 7) is 8.26. The fraction of sp³-hybridized carbons (Fsp3) is 0.583. The first-order valence-corrected chi connectivity index (χ1v) is 5.83. The fourth-order valence-electron chi connectivity index (χ4n) is 1.72. The number of hydrogen-bond acceptors (Lipinski definition) is 2. The largest absolute Gasteiger partial charge is 0.465 e. The van der Waals surface area contributed by atoms with E-state index in [0.717, 1.165) is 0 Å². The molecular weight excluding hydrogens is 256 g/mol. The summed E-state index contributed by atoms with van der Waals surface area (Å²) in [7, 11) is 0. The Kier molecular flexibility index (Phi) is 3.77. The second kappa shape index (κ2) is 4.52. The molecule has 0 heterocycles. The Bertz CT molecular complexity index is 327. The highest BCUT2D eigenvalue weighted by molar-refractivity contribution is 9.11. The maximum atomic E-state index is 10.8. The van der Waals surface area contributed by atoms with E-state index in [-0.39, 0.29) is 17.3 Å². The molecule has 0 saturated carbocycles. The third-order valence-corrected chi connectivity index (χ3v) is 4.53. The smallest absolute Gasteiger partial charge is 0.302 e. The summed E-state index contributed by atoms with van der Waals surface area (Å²) < 4.78 is 6.26. The quantitative estimate of drug-likeness (QED) is 0.720. The number of carbonyl (C=O) groups excluding carboxylic acids is 1. The molecule has 1 rings (SSSR count). The molecule has 0 N–H and O–H groups in total. The molecule has 0 aromatic rings. The van der Waals surface area contributed by atoms with Crippen LogP contribution >= 0.6 is 15.9 Å². The van der Waals surface area contributed by atoms with Gasteiger partial charge in [0.15, 0.2) is 0 Å². The van der Waals surface area contributed by atoms with Crippen LogP contribution in [0.1, 0.15) is 27.7 Å². The molecule has 0 saturated heterocycles. The predicted octanol–water partition coefficient (Wildman–Crippen LogP) is 3.43. The van der Waals surface area contributed by atoms with Crippen LogP contribution in [0.3, 0.4) is 0 Å². The fourth-order valence-corrected chi connectivity index (χ4v) is 2.14. The maximum absolute atomic E-state index is 10.8. The zero-order chi connectivity index (χ0) is 11.6. The normalized spacial score (nSPS) is 24.2. The van der Waals surface area contributed by atoms with Crippen molar-refractivity contribution in [2.24, 2.45) is 11.3 Å². The zero-order valence-corrected chi connectivity index (χ0v) is 11.2. The molecule has 0 spiro atoms. The maximum Gasteiger partial charge on any atom is 0.302 e. The van der Waals surface area contributed by atoms with E-state index in [1.54, 1.807) is 0 Å². The average Bonchev–Trinajstić information content (AvgIpc) is 2.13. The van der Waals surface area contributed by atoms with Gasteiger partial charge in [-0.15, -0.1) is 0 Å². The summed E-state index contributed by atoms with van der Waals surface area (Å²) >= 11 is 3.61. The number of allylic oxidation sites excluding steroid dienone is 3. The highest BCUT2D eigenvalue weighted by Crippen LogP contribution is 2.44. The molecule has 2 nitrogen and oxygen atoms in total. The SMILES string of the molecule is CC(=O)OCC1C=CC(C)=C(Br)C1(C)C. The number of ether oxygens (including phenoxy) is 1. The minimum absolute atomic E-state index is 0.00567. The lowest BCUT2D eigenvalue weighted by Crippen LogP contribution is -2.30. The van der Waals surface area contributed by atoms with Crippen LogP contribution < -0.4 is 0 Å². The number of rotatable bonds is 2. The van der Waals surface area contributed by atoms with Crippen LogP contribution in [0.25, 0.3) is 0 Å². The number of esters is 1. The molecule has 0 amide bonds. The molecular formula is C12H17BrO2. The molecule has 0 aromatic heterocycles. The van der Waals surface area contributed by atoms with E-state index < -0.39 is 0 Å². The Hall–Kier alpha value is -0.570. The molecule has 84 valence electrons. The molecule has 0 radical (unpaired) electrons. The van der Waals surface area contributed by atoms with E-state index in [2.05, 4.69) is 48.9 Å². The van der Waals surface area contributed by atoms with Crippen LogP contribution in [0, 0.1) is 11.3 Å². The summed E-state index contributed by atoms with van der Waals surface area (Å²) in [5.41, 5.74) is 1.23. The summed E-state index contributed by atoms with van der Waals surface area (Å²) in [4.78, 5) is 10.8. The van der Waals surface area contributed by atoms with Gasteiger partial charge in [0.25, 0.3) is 0 Å². The van der Waals surface area contributed by atoms with Crippen molar-refractivity contribution in [3.8, 4) is 0 Å². The zero-order valence-electron chi connectivity index (χ0n) is 9.63. The first-order valence-electron chi connectivity index (χ1n) is 5.04. The van der Waals surface area contributed by atoms with Crippen molar-refractivity contribution in [3.63, 3.8) is 0 Å². The standard InChI is InChI=1S/C12H17BrO2/c1-8-5-6-10(7-15-9(2)14)12(3,4)11(8)13/h5-6,10H,7H2,1-4H3. The Morgan fingerprint density at radius 1 is 1.60 bits per heavy atom. The first kappa shape index (κ1) is 12.5. The Balaban J connectivity index is 2.78. The Morgan fingerprint density at radius 2 is 2.20 bits per heavy atom. The molecule has 1 atom stereocenters. The van der Waals surface area contributed by atoms with Gasteiger partial charge in [0.2, 0.25) is 0 Å². The van der Waals surface area contributed by atoms with Crippen LogP contribution in [0.2, 0.25) is 0 Å². The van der Waals surface area contributed by atoms with Crippen molar-refractivity contribution in [3.05, 3.63) is 22.2 Å². The molecule has 3 heteroatoms. The minimum atomic E-state index is -0.221. The lowest BCUT2D eigenvalue weighted by atomic mass is 9.75. The topological polar surface area (TPSA) is 26.3 Å². The van der Waals surface area contributed by atoms with Crippen molar-refractivity contribution < 1.29 is 9.53 Å². The second-order valence-electron chi connectivity index (χ2n) is 4.49. The van der Waals surface area contributed by atoms with Crippen molar-refractivity contribution in [2.45, 2.75) is 27.7 Å². The van der Waals surface area contributed by atoms with Gasteiger partial charge in [-0.1, -0.05) is 41.9 Å². The monoisotopic (exact) mass is 272 g/mol. The van der Waals surface area contributed by atoms with Crippen LogP contribution in [0.4, 0.5) is 0 Å². The summed E-state index contributed by atoms with van der Waals surface area (Å²) in [5.74, 6) is 0.0149. The Morgan fingerprint density at radius 3 is 2.73 bits per heavy atom. The van der Waals surface area contributed by atoms with Gasteiger partial charge in [-0.05, 0) is 12.5 Å². The van der Waals surface area contributed by atoms with E-state index in [1.165, 1.54) is 17.0 Å². The third-order valence-electron chi connectivity index (χ3n) is 2.88. The van der Waals surface area contributed by atoms with Crippen molar-refractivity contribution in [1.29, 1.82) is 0 Å². The highest BCUT2D eigenvalue weighted by Gasteiger charge is 2.34. The third kappa shape index (κ3) is 2.71. The lowest BCUT2D eigenvalue weighted by Gasteiger charge is -2.35. The molecule has 1 aliphatic rings. The van der Waals surface area contributed by atoms with Crippen LogP contribution in [0.5, 0.6) is 0 Å². The molecule has 0 fully saturated rings. The first-order chi connectivity index (χ1) is 6.85. The van der Waals surface area contributed by atoms with Gasteiger partial charge < -0.3 is 4.74 Å². The molecule has 0 aromatic carbocycles.